The van der Waals surface area contributed by atoms with Gasteiger partial charge in [-0.05, 0) is 25.3 Å². The molecular formula is C20H33IN6O2. The van der Waals surface area contributed by atoms with E-state index in [-0.39, 0.29) is 29.9 Å². The molecule has 0 fully saturated rings. The number of guanidine groups is 1. The van der Waals surface area contributed by atoms with Gasteiger partial charge in [-0.15, -0.1) is 24.0 Å². The van der Waals surface area contributed by atoms with Crippen LogP contribution in [0.2, 0.25) is 0 Å². The minimum Gasteiger partial charge on any atom is -0.459 e. The van der Waals surface area contributed by atoms with Crippen LogP contribution < -0.4 is 10.6 Å². The van der Waals surface area contributed by atoms with Crippen molar-refractivity contribution in [3.63, 3.8) is 0 Å². The summed E-state index contributed by atoms with van der Waals surface area (Å²) in [6.07, 6.45) is 4.37. The Kier molecular flexibility index (Phi) is 10.2. The van der Waals surface area contributed by atoms with Gasteiger partial charge in [-0.25, -0.2) is 0 Å². The zero-order chi connectivity index (χ0) is 20.7. The third kappa shape index (κ3) is 7.06. The molecule has 2 aromatic heterocycles. The van der Waals surface area contributed by atoms with Crippen LogP contribution in [0.1, 0.15) is 53.6 Å². The molecule has 0 saturated carbocycles. The topological polar surface area (TPSA) is 87.7 Å². The van der Waals surface area contributed by atoms with Gasteiger partial charge >= 0.3 is 0 Å². The molecule has 2 heterocycles. The second-order valence-electron chi connectivity index (χ2n) is 7.24. The molecule has 0 saturated heterocycles. The Labute approximate surface area is 190 Å². The van der Waals surface area contributed by atoms with Gasteiger partial charge in [0.1, 0.15) is 0 Å². The standard InChI is InChI=1S/C20H32N6O2.HI/c1-14(2)17-16(13-26(6)24-17)12-25(5)20(21-4)23-10-7-9-22-19(27)18-15(3)8-11-28-18;/h8,11,13-14H,7,9-10,12H2,1-6H3,(H,21,23)(H,22,27);1H. The van der Waals surface area contributed by atoms with Crippen molar-refractivity contribution in [2.45, 2.75) is 39.7 Å². The smallest absolute Gasteiger partial charge is 0.287 e. The van der Waals surface area contributed by atoms with Crippen LogP contribution in [0.25, 0.3) is 0 Å². The molecule has 29 heavy (non-hydrogen) atoms. The summed E-state index contributed by atoms with van der Waals surface area (Å²) in [7, 11) is 5.72. The van der Waals surface area contributed by atoms with E-state index in [4.69, 9.17) is 4.42 Å². The van der Waals surface area contributed by atoms with Crippen molar-refractivity contribution in [1.82, 2.24) is 25.3 Å². The highest BCUT2D eigenvalue weighted by atomic mass is 127. The van der Waals surface area contributed by atoms with Crippen LogP contribution in [0.3, 0.4) is 0 Å². The molecule has 0 radical (unpaired) electrons. The largest absolute Gasteiger partial charge is 0.459 e. The second kappa shape index (κ2) is 11.8. The van der Waals surface area contributed by atoms with E-state index in [2.05, 4.69) is 45.7 Å². The van der Waals surface area contributed by atoms with Gasteiger partial charge in [-0.1, -0.05) is 13.8 Å². The highest BCUT2D eigenvalue weighted by Crippen LogP contribution is 2.18. The first-order chi connectivity index (χ1) is 13.3. The summed E-state index contributed by atoms with van der Waals surface area (Å²) in [4.78, 5) is 18.4. The number of amides is 1. The van der Waals surface area contributed by atoms with Crippen LogP contribution >= 0.6 is 24.0 Å². The van der Waals surface area contributed by atoms with E-state index in [0.717, 1.165) is 30.2 Å². The van der Waals surface area contributed by atoms with E-state index >= 15 is 0 Å². The molecule has 0 aromatic carbocycles. The summed E-state index contributed by atoms with van der Waals surface area (Å²) in [5, 5.41) is 10.8. The number of aryl methyl sites for hydroxylation is 2. The fraction of sp³-hybridized carbons (Fsp3) is 0.550. The number of nitrogens with one attached hydrogen (secondary N) is 2. The Morgan fingerprint density at radius 1 is 1.34 bits per heavy atom. The van der Waals surface area contributed by atoms with Gasteiger partial charge in [-0.2, -0.15) is 5.10 Å². The summed E-state index contributed by atoms with van der Waals surface area (Å²) in [6.45, 7) is 8.16. The minimum atomic E-state index is -0.179. The molecule has 0 aliphatic carbocycles. The molecule has 0 spiro atoms. The average molecular weight is 516 g/mol. The van der Waals surface area contributed by atoms with E-state index in [1.165, 1.54) is 11.8 Å². The molecule has 162 valence electrons. The molecule has 9 heteroatoms. The molecule has 1 amide bonds. The Morgan fingerprint density at radius 2 is 2.03 bits per heavy atom. The summed E-state index contributed by atoms with van der Waals surface area (Å²) >= 11 is 0. The first-order valence-corrected chi connectivity index (χ1v) is 9.60. The van der Waals surface area contributed by atoms with Crippen LogP contribution in [0.15, 0.2) is 27.9 Å². The normalized spacial score (nSPS) is 11.3. The zero-order valence-electron chi connectivity index (χ0n) is 18.2. The first kappa shape index (κ1) is 25.0. The Hall–Kier alpha value is -2.04. The average Bonchev–Trinajstić information content (AvgIpc) is 3.23. The Morgan fingerprint density at radius 3 is 2.62 bits per heavy atom. The fourth-order valence-electron chi connectivity index (χ4n) is 3.05. The lowest BCUT2D eigenvalue weighted by molar-refractivity contribution is 0.0925. The number of rotatable bonds is 8. The zero-order valence-corrected chi connectivity index (χ0v) is 20.5. The first-order valence-electron chi connectivity index (χ1n) is 9.60. The minimum absolute atomic E-state index is 0. The summed E-state index contributed by atoms with van der Waals surface area (Å²) in [5.41, 5.74) is 3.15. The van der Waals surface area contributed by atoms with Crippen molar-refractivity contribution in [3.8, 4) is 0 Å². The molecule has 0 bridgehead atoms. The molecule has 2 N–H and O–H groups in total. The van der Waals surface area contributed by atoms with Gasteiger partial charge < -0.3 is 20.0 Å². The van der Waals surface area contributed by atoms with Gasteiger partial charge in [0.15, 0.2) is 11.7 Å². The SMILES string of the molecule is CN=C(NCCCNC(=O)c1occc1C)N(C)Cc1cn(C)nc1C(C)C.I. The monoisotopic (exact) mass is 516 g/mol. The van der Waals surface area contributed by atoms with E-state index in [1.54, 1.807) is 13.1 Å². The summed E-state index contributed by atoms with van der Waals surface area (Å²) in [5.74, 6) is 1.38. The van der Waals surface area contributed by atoms with E-state index < -0.39 is 0 Å². The number of furan rings is 1. The van der Waals surface area contributed by atoms with Crippen LogP contribution in [-0.2, 0) is 13.6 Å². The Balaban J connectivity index is 0.00000420. The number of hydrogen-bond acceptors (Lipinski definition) is 4. The highest BCUT2D eigenvalue weighted by Gasteiger charge is 2.15. The van der Waals surface area contributed by atoms with Crippen molar-refractivity contribution >= 4 is 35.8 Å². The van der Waals surface area contributed by atoms with Crippen LogP contribution in [0.5, 0.6) is 0 Å². The van der Waals surface area contributed by atoms with Crippen LogP contribution in [0, 0.1) is 6.92 Å². The maximum Gasteiger partial charge on any atom is 0.287 e. The van der Waals surface area contributed by atoms with Crippen LogP contribution in [0.4, 0.5) is 0 Å². The third-order valence-corrected chi connectivity index (χ3v) is 4.46. The van der Waals surface area contributed by atoms with Gasteiger partial charge in [-0.3, -0.25) is 14.5 Å². The van der Waals surface area contributed by atoms with Crippen molar-refractivity contribution in [2.75, 3.05) is 27.2 Å². The molecule has 8 nitrogen and oxygen atoms in total. The lowest BCUT2D eigenvalue weighted by Gasteiger charge is -2.22. The second-order valence-corrected chi connectivity index (χ2v) is 7.24. The van der Waals surface area contributed by atoms with Crippen molar-refractivity contribution in [1.29, 1.82) is 0 Å². The summed E-state index contributed by atoms with van der Waals surface area (Å²) < 4.78 is 7.05. The van der Waals surface area contributed by atoms with Crippen LogP contribution in [-0.4, -0.2) is 53.7 Å². The molecular weight excluding hydrogens is 483 g/mol. The lowest BCUT2D eigenvalue weighted by atomic mass is 10.1. The summed E-state index contributed by atoms with van der Waals surface area (Å²) in [6, 6.07) is 1.78. The van der Waals surface area contributed by atoms with Crippen molar-refractivity contribution < 1.29 is 9.21 Å². The maximum absolute atomic E-state index is 12.0. The maximum atomic E-state index is 12.0. The van der Waals surface area contributed by atoms with Gasteiger partial charge in [0, 0.05) is 58.1 Å². The Bertz CT molecular complexity index is 812. The van der Waals surface area contributed by atoms with Gasteiger partial charge in [0.05, 0.1) is 12.0 Å². The molecule has 2 rings (SSSR count). The number of nitrogens with zero attached hydrogens (tertiary/aromatic N) is 4. The molecule has 2 aromatic rings. The van der Waals surface area contributed by atoms with Crippen molar-refractivity contribution in [2.24, 2.45) is 12.0 Å². The third-order valence-electron chi connectivity index (χ3n) is 4.46. The fourth-order valence-corrected chi connectivity index (χ4v) is 3.05. The number of halogens is 1. The number of carbonyl (C=O) groups excluding carboxylic acids is 1. The predicted molar refractivity (Wildman–Crippen MR) is 126 cm³/mol. The van der Waals surface area contributed by atoms with E-state index in [1.807, 2.05) is 25.7 Å². The molecule has 0 unspecified atom stereocenters. The number of carbonyl (C=O) groups is 1. The molecule has 0 aliphatic rings. The van der Waals surface area contributed by atoms with Gasteiger partial charge in [0.25, 0.3) is 5.91 Å². The predicted octanol–water partition coefficient (Wildman–Crippen LogP) is 2.89. The highest BCUT2D eigenvalue weighted by molar-refractivity contribution is 14.0. The number of aliphatic imine (C=N–C) groups is 1. The van der Waals surface area contributed by atoms with E-state index in [9.17, 15) is 4.79 Å². The van der Waals surface area contributed by atoms with Crippen molar-refractivity contribution in [3.05, 3.63) is 41.1 Å². The molecule has 0 atom stereocenters. The number of hydrogen-bond donors (Lipinski definition) is 2. The lowest BCUT2D eigenvalue weighted by Crippen LogP contribution is -2.39. The molecule has 0 aliphatic heterocycles. The van der Waals surface area contributed by atoms with Gasteiger partial charge in [0.2, 0.25) is 0 Å². The van der Waals surface area contributed by atoms with E-state index in [0.29, 0.717) is 24.8 Å². The number of aromatic nitrogens is 2. The quantitative estimate of drug-likeness (QED) is 0.244.